The molecule has 2 amide bonds. The topological polar surface area (TPSA) is 114 Å². The molecule has 0 heterocycles. The number of benzene rings is 1. The van der Waals surface area contributed by atoms with Crippen molar-refractivity contribution >= 4 is 33.4 Å². The van der Waals surface area contributed by atoms with Crippen LogP contribution in [-0.4, -0.2) is 52.1 Å². The summed E-state index contributed by atoms with van der Waals surface area (Å²) in [6, 6.07) is 2.34. The molecule has 1 fully saturated rings. The summed E-state index contributed by atoms with van der Waals surface area (Å²) in [4.78, 5) is 25.3. The number of hydrogen-bond acceptors (Lipinski definition) is 5. The van der Waals surface area contributed by atoms with E-state index in [1.807, 2.05) is 13.8 Å². The second-order valence-electron chi connectivity index (χ2n) is 11.0. The predicted molar refractivity (Wildman–Crippen MR) is 147 cm³/mol. The van der Waals surface area contributed by atoms with Crippen LogP contribution in [0.1, 0.15) is 66.7 Å². The van der Waals surface area contributed by atoms with Crippen LogP contribution in [-0.2, 0) is 24.3 Å². The Kier molecular flexibility index (Phi) is 12.9. The van der Waals surface area contributed by atoms with Crippen LogP contribution >= 0.6 is 11.6 Å². The molecule has 38 heavy (non-hydrogen) atoms. The molecule has 1 saturated carbocycles. The molecule has 0 aliphatic heterocycles. The van der Waals surface area contributed by atoms with E-state index in [-0.39, 0.29) is 53.5 Å². The first-order valence-electron chi connectivity index (χ1n) is 13.4. The van der Waals surface area contributed by atoms with Crippen LogP contribution in [0.4, 0.5) is 4.39 Å². The van der Waals surface area contributed by atoms with E-state index in [0.29, 0.717) is 30.6 Å². The Hall–Kier alpha value is -1.75. The minimum absolute atomic E-state index is 0.0374. The van der Waals surface area contributed by atoms with E-state index in [2.05, 4.69) is 36.1 Å². The van der Waals surface area contributed by atoms with Gasteiger partial charge in [0.1, 0.15) is 23.4 Å². The smallest absolute Gasteiger partial charge is 0.246 e. The highest BCUT2D eigenvalue weighted by atomic mass is 35.5. The van der Waals surface area contributed by atoms with Crippen LogP contribution in [0.5, 0.6) is 0 Å². The number of carbonyl (C=O) groups is 2. The van der Waals surface area contributed by atoms with Crippen molar-refractivity contribution in [1.29, 1.82) is 0 Å². The van der Waals surface area contributed by atoms with E-state index in [4.69, 9.17) is 16.3 Å². The van der Waals surface area contributed by atoms with E-state index >= 15 is 0 Å². The zero-order valence-corrected chi connectivity index (χ0v) is 24.6. The molecule has 216 valence electrons. The lowest BCUT2D eigenvalue weighted by Gasteiger charge is -2.37. The van der Waals surface area contributed by atoms with Crippen molar-refractivity contribution < 1.29 is 27.1 Å². The second kappa shape index (κ2) is 15.1. The molecule has 0 radical (unpaired) electrons. The van der Waals surface area contributed by atoms with Gasteiger partial charge in [0.2, 0.25) is 21.8 Å². The minimum atomic E-state index is -3.92. The molecule has 4 atom stereocenters. The lowest BCUT2D eigenvalue weighted by atomic mass is 9.75. The summed E-state index contributed by atoms with van der Waals surface area (Å²) in [5.41, 5.74) is 0. The van der Waals surface area contributed by atoms with E-state index in [1.54, 1.807) is 0 Å². The maximum absolute atomic E-state index is 13.2. The Morgan fingerprint density at radius 2 is 1.87 bits per heavy atom. The summed E-state index contributed by atoms with van der Waals surface area (Å²) in [5, 5.41) is 5.37. The molecule has 1 aromatic rings. The first kappa shape index (κ1) is 32.5. The van der Waals surface area contributed by atoms with E-state index in [0.717, 1.165) is 31.0 Å². The summed E-state index contributed by atoms with van der Waals surface area (Å²) in [5.74, 6) is 0.351. The number of carbonyl (C=O) groups excluding carboxylic acids is 2. The minimum Gasteiger partial charge on any atom is -0.368 e. The average Bonchev–Trinajstić information content (AvgIpc) is 2.81. The Morgan fingerprint density at radius 3 is 2.50 bits per heavy atom. The van der Waals surface area contributed by atoms with Gasteiger partial charge in [0.25, 0.3) is 0 Å². The first-order chi connectivity index (χ1) is 17.8. The van der Waals surface area contributed by atoms with Gasteiger partial charge in [-0.2, -0.15) is 0 Å². The first-order valence-corrected chi connectivity index (χ1v) is 15.3. The quantitative estimate of drug-likeness (QED) is 0.287. The monoisotopic (exact) mass is 575 g/mol. The highest BCUT2D eigenvalue weighted by molar-refractivity contribution is 7.89. The number of ether oxygens (including phenoxy) is 1. The van der Waals surface area contributed by atoms with Gasteiger partial charge in [0, 0.05) is 13.1 Å². The fourth-order valence-corrected chi connectivity index (χ4v) is 6.43. The fraction of sp³-hybridized carbons (Fsp3) is 0.704. The maximum atomic E-state index is 13.2. The molecule has 11 heteroatoms. The van der Waals surface area contributed by atoms with E-state index in [9.17, 15) is 22.4 Å². The summed E-state index contributed by atoms with van der Waals surface area (Å²) < 4.78 is 46.4. The van der Waals surface area contributed by atoms with Gasteiger partial charge in [-0.15, -0.1) is 0 Å². The summed E-state index contributed by atoms with van der Waals surface area (Å²) >= 11 is 5.85. The highest BCUT2D eigenvalue weighted by Gasteiger charge is 2.32. The third-order valence-electron chi connectivity index (χ3n) is 6.88. The Bertz CT molecular complexity index is 1040. The summed E-state index contributed by atoms with van der Waals surface area (Å²) in [7, 11) is -3.92. The third kappa shape index (κ3) is 10.4. The number of hydrogen-bond donors (Lipinski definition) is 3. The zero-order chi connectivity index (χ0) is 28.5. The maximum Gasteiger partial charge on any atom is 0.246 e. The molecule has 0 aromatic heterocycles. The van der Waals surface area contributed by atoms with Crippen molar-refractivity contribution in [3.05, 3.63) is 29.0 Å². The largest absolute Gasteiger partial charge is 0.368 e. The Morgan fingerprint density at radius 1 is 1.16 bits per heavy atom. The molecule has 0 spiro atoms. The van der Waals surface area contributed by atoms with Crippen LogP contribution < -0.4 is 15.4 Å². The number of halogens is 2. The van der Waals surface area contributed by atoms with Crippen molar-refractivity contribution in [3.8, 4) is 0 Å². The molecular weight excluding hydrogens is 533 g/mol. The summed E-state index contributed by atoms with van der Waals surface area (Å²) in [6.07, 6.45) is 4.01. The number of rotatable bonds is 14. The van der Waals surface area contributed by atoms with Gasteiger partial charge in [-0.1, -0.05) is 52.6 Å². The predicted octanol–water partition coefficient (Wildman–Crippen LogP) is 4.27. The Balaban J connectivity index is 1.82. The Labute approximate surface area is 231 Å². The molecule has 8 nitrogen and oxygen atoms in total. The van der Waals surface area contributed by atoms with Gasteiger partial charge in [0.15, 0.2) is 0 Å². The summed E-state index contributed by atoms with van der Waals surface area (Å²) in [6.45, 7) is 10.7. The average molecular weight is 576 g/mol. The second-order valence-corrected chi connectivity index (χ2v) is 13.2. The van der Waals surface area contributed by atoms with Crippen molar-refractivity contribution in [3.63, 3.8) is 0 Å². The van der Waals surface area contributed by atoms with Crippen LogP contribution in [0, 0.1) is 29.5 Å². The molecule has 1 aromatic carbocycles. The SMILES string of the molecule is CC(C)C[C@H](NC(=O)CO[C@H]1C[C@H](C)CC[C@H]1C(C)C)C(=O)NCCCNS(=O)(=O)c1ccc(F)cc1Cl. The van der Waals surface area contributed by atoms with E-state index < -0.39 is 21.9 Å². The van der Waals surface area contributed by atoms with Crippen molar-refractivity contribution in [2.24, 2.45) is 23.7 Å². The molecule has 2 rings (SSSR count). The molecule has 3 N–H and O–H groups in total. The lowest BCUT2D eigenvalue weighted by molar-refractivity contribution is -0.135. The lowest BCUT2D eigenvalue weighted by Crippen LogP contribution is -2.49. The fourth-order valence-electron chi connectivity index (χ4n) is 4.83. The van der Waals surface area contributed by atoms with Crippen molar-refractivity contribution in [2.75, 3.05) is 19.7 Å². The van der Waals surface area contributed by atoms with Gasteiger partial charge in [-0.25, -0.2) is 17.5 Å². The zero-order valence-electron chi connectivity index (χ0n) is 23.1. The normalized spacial score (nSPS) is 20.9. The van der Waals surface area contributed by atoms with Crippen molar-refractivity contribution in [1.82, 2.24) is 15.4 Å². The van der Waals surface area contributed by atoms with Gasteiger partial charge < -0.3 is 15.4 Å². The van der Waals surface area contributed by atoms with E-state index in [1.165, 1.54) is 6.42 Å². The van der Waals surface area contributed by atoms with Gasteiger partial charge in [-0.3, -0.25) is 9.59 Å². The number of nitrogens with one attached hydrogen (secondary N) is 3. The van der Waals surface area contributed by atoms with Gasteiger partial charge in [0.05, 0.1) is 11.1 Å². The van der Waals surface area contributed by atoms with Gasteiger partial charge in [-0.05, 0) is 67.6 Å². The van der Waals surface area contributed by atoms with Crippen LogP contribution in [0.3, 0.4) is 0 Å². The number of amides is 2. The standard InChI is InChI=1S/C27H43ClFN3O5S/c1-17(2)13-23(32-26(33)16-37-24-14-19(5)7-9-21(24)18(3)4)27(34)30-11-6-12-31-38(35,36)25-10-8-20(29)15-22(25)28/h8,10,15,17-19,21,23-24,31H,6-7,9,11-14,16H2,1-5H3,(H,30,34)(H,32,33)/t19-,21+,23+,24+/m1/s1. The van der Waals surface area contributed by atoms with Crippen LogP contribution in [0.2, 0.25) is 5.02 Å². The molecule has 0 bridgehead atoms. The molecular formula is C27H43ClFN3O5S. The molecule has 1 aliphatic carbocycles. The van der Waals surface area contributed by atoms with Crippen LogP contribution in [0.15, 0.2) is 23.1 Å². The highest BCUT2D eigenvalue weighted by Crippen LogP contribution is 2.35. The van der Waals surface area contributed by atoms with Crippen LogP contribution in [0.25, 0.3) is 0 Å². The molecule has 0 saturated heterocycles. The third-order valence-corrected chi connectivity index (χ3v) is 8.82. The molecule has 1 aliphatic rings. The number of sulfonamides is 1. The van der Waals surface area contributed by atoms with Gasteiger partial charge >= 0.3 is 0 Å². The molecule has 0 unspecified atom stereocenters. The van der Waals surface area contributed by atoms with Crippen molar-refractivity contribution in [2.45, 2.75) is 83.8 Å².